The molecule has 268 valence electrons. The second kappa shape index (κ2) is 12.6. The molecule has 0 spiro atoms. The first-order valence-electron chi connectivity index (χ1n) is 19.8. The molecule has 2 aliphatic rings. The standard InChI is InChI=1S/C54H37N3/c1-2-16-40(17-3-1)55-51-26-10-6-22-45(51)47-34-38(28-30-53(47)55)39-29-31-54-48(35-39)46-23-7-11-27-52(46)57(54)42-19-13-15-37(33-42)36-14-12-18-41(32-36)56-49-24-8-4-20-43(49)44-21-5-9-25-50(44)56/h1-35,43,49H. The van der Waals surface area contributed by atoms with Gasteiger partial charge in [-0.25, -0.2) is 0 Å². The van der Waals surface area contributed by atoms with E-state index in [1.807, 2.05) is 0 Å². The summed E-state index contributed by atoms with van der Waals surface area (Å²) in [6.07, 6.45) is 9.06. The number of hydrogen-bond donors (Lipinski definition) is 0. The normalized spacial score (nSPS) is 15.9. The third-order valence-corrected chi connectivity index (χ3v) is 12.2. The van der Waals surface area contributed by atoms with E-state index in [1.165, 1.54) is 88.5 Å². The monoisotopic (exact) mass is 727 g/mol. The van der Waals surface area contributed by atoms with Crippen LogP contribution in [0.25, 0.3) is 77.2 Å². The van der Waals surface area contributed by atoms with E-state index in [0.29, 0.717) is 5.92 Å². The number of rotatable bonds is 5. The molecule has 2 unspecified atom stereocenters. The zero-order valence-electron chi connectivity index (χ0n) is 31.2. The molecule has 0 radical (unpaired) electrons. The number of nitrogens with zero attached hydrogens (tertiary/aromatic N) is 3. The molecule has 2 atom stereocenters. The molecular weight excluding hydrogens is 691 g/mol. The van der Waals surface area contributed by atoms with Gasteiger partial charge in [-0.1, -0.05) is 133 Å². The topological polar surface area (TPSA) is 13.1 Å². The van der Waals surface area contributed by atoms with Gasteiger partial charge in [0.25, 0.3) is 0 Å². The van der Waals surface area contributed by atoms with Crippen LogP contribution in [-0.2, 0) is 0 Å². The Morgan fingerprint density at radius 3 is 1.54 bits per heavy atom. The van der Waals surface area contributed by atoms with E-state index in [9.17, 15) is 0 Å². The van der Waals surface area contributed by atoms with Crippen molar-refractivity contribution in [1.82, 2.24) is 9.13 Å². The van der Waals surface area contributed by atoms with Gasteiger partial charge in [-0.2, -0.15) is 0 Å². The Bertz CT molecular complexity index is 3270. The Morgan fingerprint density at radius 1 is 0.333 bits per heavy atom. The van der Waals surface area contributed by atoms with Gasteiger partial charge >= 0.3 is 0 Å². The van der Waals surface area contributed by atoms with Gasteiger partial charge in [-0.3, -0.25) is 0 Å². The van der Waals surface area contributed by atoms with Crippen LogP contribution < -0.4 is 4.90 Å². The van der Waals surface area contributed by atoms with Crippen LogP contribution in [0.1, 0.15) is 11.5 Å². The van der Waals surface area contributed by atoms with Crippen molar-refractivity contribution >= 4 is 55.0 Å². The summed E-state index contributed by atoms with van der Waals surface area (Å²) in [5.41, 5.74) is 15.9. The molecule has 10 aromatic rings. The smallest absolute Gasteiger partial charge is 0.0629 e. The third-order valence-electron chi connectivity index (χ3n) is 12.2. The highest BCUT2D eigenvalue weighted by molar-refractivity contribution is 6.12. The van der Waals surface area contributed by atoms with Gasteiger partial charge in [0.15, 0.2) is 0 Å². The van der Waals surface area contributed by atoms with Gasteiger partial charge in [0.05, 0.1) is 28.1 Å². The minimum absolute atomic E-state index is 0.271. The van der Waals surface area contributed by atoms with E-state index in [0.717, 1.165) is 5.69 Å². The molecule has 3 heterocycles. The highest BCUT2D eigenvalue weighted by atomic mass is 15.2. The molecule has 3 nitrogen and oxygen atoms in total. The lowest BCUT2D eigenvalue weighted by molar-refractivity contribution is 0.745. The fourth-order valence-corrected chi connectivity index (χ4v) is 9.69. The van der Waals surface area contributed by atoms with Gasteiger partial charge < -0.3 is 14.0 Å². The number of allylic oxidation sites excluding steroid dienone is 2. The van der Waals surface area contributed by atoms with Crippen LogP contribution in [0.4, 0.5) is 11.4 Å². The molecule has 57 heavy (non-hydrogen) atoms. The first-order valence-corrected chi connectivity index (χ1v) is 19.8. The number of anilines is 2. The molecule has 3 heteroatoms. The summed E-state index contributed by atoms with van der Waals surface area (Å²) in [5.74, 6) is 0.360. The second-order valence-electron chi connectivity index (χ2n) is 15.3. The van der Waals surface area contributed by atoms with Crippen LogP contribution in [0.5, 0.6) is 0 Å². The molecule has 0 saturated heterocycles. The molecule has 12 rings (SSSR count). The van der Waals surface area contributed by atoms with Crippen molar-refractivity contribution in [1.29, 1.82) is 0 Å². The van der Waals surface area contributed by atoms with Crippen molar-refractivity contribution in [3.63, 3.8) is 0 Å². The first kappa shape index (κ1) is 31.9. The van der Waals surface area contributed by atoms with E-state index in [2.05, 4.69) is 226 Å². The number of hydrogen-bond acceptors (Lipinski definition) is 1. The number of aromatic nitrogens is 2. The molecule has 8 aromatic carbocycles. The minimum atomic E-state index is 0.271. The lowest BCUT2D eigenvalue weighted by atomic mass is 9.91. The fraction of sp³-hybridized carbons (Fsp3) is 0.0370. The Kier molecular flexibility index (Phi) is 7.05. The number of fused-ring (bicyclic) bond motifs is 9. The van der Waals surface area contributed by atoms with E-state index in [1.54, 1.807) is 0 Å². The molecule has 0 bridgehead atoms. The van der Waals surface area contributed by atoms with Crippen molar-refractivity contribution in [3.05, 3.63) is 218 Å². The van der Waals surface area contributed by atoms with Gasteiger partial charge in [0.1, 0.15) is 0 Å². The van der Waals surface area contributed by atoms with Crippen molar-refractivity contribution in [2.75, 3.05) is 4.90 Å². The average molecular weight is 728 g/mol. The van der Waals surface area contributed by atoms with Crippen LogP contribution in [0.15, 0.2) is 212 Å². The summed E-state index contributed by atoms with van der Waals surface area (Å²) < 4.78 is 4.81. The quantitative estimate of drug-likeness (QED) is 0.172. The van der Waals surface area contributed by atoms with Crippen molar-refractivity contribution in [2.24, 2.45) is 0 Å². The highest BCUT2D eigenvalue weighted by Gasteiger charge is 2.37. The lowest BCUT2D eigenvalue weighted by Crippen LogP contribution is -2.28. The van der Waals surface area contributed by atoms with Gasteiger partial charge in [0.2, 0.25) is 0 Å². The molecular formula is C54H37N3. The summed E-state index contributed by atoms with van der Waals surface area (Å²) in [6, 6.07) is 69.4. The summed E-state index contributed by atoms with van der Waals surface area (Å²) in [5, 5.41) is 5.02. The van der Waals surface area contributed by atoms with Crippen LogP contribution in [0, 0.1) is 0 Å². The van der Waals surface area contributed by atoms with Gasteiger partial charge in [-0.15, -0.1) is 0 Å². The maximum atomic E-state index is 2.51. The summed E-state index contributed by atoms with van der Waals surface area (Å²) >= 11 is 0. The minimum Gasteiger partial charge on any atom is -0.333 e. The van der Waals surface area contributed by atoms with Gasteiger partial charge in [0, 0.05) is 50.2 Å². The maximum absolute atomic E-state index is 2.51. The van der Waals surface area contributed by atoms with Crippen LogP contribution in [0.2, 0.25) is 0 Å². The molecule has 1 aliphatic heterocycles. The van der Waals surface area contributed by atoms with Gasteiger partial charge in [-0.05, 0) is 107 Å². The zero-order chi connectivity index (χ0) is 37.5. The Balaban J connectivity index is 0.955. The zero-order valence-corrected chi connectivity index (χ0v) is 31.2. The van der Waals surface area contributed by atoms with Crippen LogP contribution in [0.3, 0.4) is 0 Å². The largest absolute Gasteiger partial charge is 0.333 e. The number of benzene rings is 8. The van der Waals surface area contributed by atoms with E-state index < -0.39 is 0 Å². The second-order valence-corrected chi connectivity index (χ2v) is 15.3. The number of para-hydroxylation sites is 4. The predicted molar refractivity (Wildman–Crippen MR) is 239 cm³/mol. The van der Waals surface area contributed by atoms with Crippen molar-refractivity contribution in [2.45, 2.75) is 12.0 Å². The Morgan fingerprint density at radius 2 is 0.842 bits per heavy atom. The van der Waals surface area contributed by atoms with Crippen molar-refractivity contribution < 1.29 is 0 Å². The van der Waals surface area contributed by atoms with Crippen LogP contribution in [-0.4, -0.2) is 15.2 Å². The van der Waals surface area contributed by atoms with Crippen LogP contribution >= 0.6 is 0 Å². The fourth-order valence-electron chi connectivity index (χ4n) is 9.69. The predicted octanol–water partition coefficient (Wildman–Crippen LogP) is 13.9. The summed E-state index contributed by atoms with van der Waals surface area (Å²) in [4.78, 5) is 2.51. The average Bonchev–Trinajstić information content (AvgIpc) is 3.92. The van der Waals surface area contributed by atoms with Crippen molar-refractivity contribution in [3.8, 4) is 33.6 Å². The molecule has 0 fully saturated rings. The third kappa shape index (κ3) is 4.92. The lowest BCUT2D eigenvalue weighted by Gasteiger charge is -2.29. The van der Waals surface area contributed by atoms with E-state index in [4.69, 9.17) is 0 Å². The molecule has 0 saturated carbocycles. The summed E-state index contributed by atoms with van der Waals surface area (Å²) in [7, 11) is 0. The highest BCUT2D eigenvalue weighted by Crippen LogP contribution is 2.48. The first-order chi connectivity index (χ1) is 28.3. The Hall–Kier alpha value is -7.36. The molecule has 1 aliphatic carbocycles. The SMILES string of the molecule is C1=CC2c3ccccc3N(c3cccc(-c4cccc(-n5c6ccccc6c6cc(-c7ccc8c(c7)c7ccccc7n8-c7ccccc7)ccc65)c4)c3)C2C=C1. The molecule has 0 N–H and O–H groups in total. The maximum Gasteiger partial charge on any atom is 0.0629 e. The van der Waals surface area contributed by atoms with E-state index >= 15 is 0 Å². The van der Waals surface area contributed by atoms with E-state index in [-0.39, 0.29) is 6.04 Å². The molecule has 2 aromatic heterocycles. The molecule has 0 amide bonds. The Labute approximate surface area is 331 Å². The summed E-state index contributed by atoms with van der Waals surface area (Å²) in [6.45, 7) is 0.